The third kappa shape index (κ3) is 5.18. The van der Waals surface area contributed by atoms with Crippen molar-refractivity contribution < 1.29 is 13.2 Å². The van der Waals surface area contributed by atoms with Gasteiger partial charge in [-0.25, -0.2) is 13.1 Å². The Kier molecular flexibility index (Phi) is 5.95. The smallest absolute Gasteiger partial charge is 0.244 e. The Balaban J connectivity index is 1.93. The highest BCUT2D eigenvalue weighted by atomic mass is 35.5. The maximum atomic E-state index is 11.7. The fraction of sp³-hybridized carbons (Fsp3) is 0.133. The maximum Gasteiger partial charge on any atom is 0.244 e. The zero-order valence-corrected chi connectivity index (χ0v) is 14.6. The quantitative estimate of drug-likeness (QED) is 0.767. The van der Waals surface area contributed by atoms with Gasteiger partial charge in [0.25, 0.3) is 0 Å². The lowest BCUT2D eigenvalue weighted by Gasteiger charge is -2.02. The van der Waals surface area contributed by atoms with Gasteiger partial charge in [-0.05, 0) is 43.0 Å². The lowest BCUT2D eigenvalue weighted by molar-refractivity contribution is -0.116. The van der Waals surface area contributed by atoms with Crippen molar-refractivity contribution in [3.63, 3.8) is 0 Å². The Bertz CT molecular complexity index is 812. The molecule has 2 rings (SSSR count). The molecule has 0 aliphatic heterocycles. The number of thiophene rings is 1. The van der Waals surface area contributed by atoms with E-state index in [0.717, 1.165) is 10.4 Å². The van der Waals surface area contributed by atoms with E-state index in [2.05, 4.69) is 10.0 Å². The fourth-order valence-electron chi connectivity index (χ4n) is 1.73. The number of hydrogen-bond acceptors (Lipinski definition) is 4. The van der Waals surface area contributed by atoms with Crippen molar-refractivity contribution in [1.29, 1.82) is 0 Å². The van der Waals surface area contributed by atoms with Gasteiger partial charge in [0.2, 0.25) is 15.9 Å². The summed E-state index contributed by atoms with van der Waals surface area (Å²) < 4.78 is 26.1. The summed E-state index contributed by atoms with van der Waals surface area (Å²) in [6.45, 7) is 0.417. The lowest BCUT2D eigenvalue weighted by Crippen LogP contribution is -2.19. The molecule has 0 saturated carbocycles. The standard InChI is InChI=1S/C15H15ClN2O3S2/c1-17-23(20,21)13-6-2-11(3-7-13)4-9-15(19)18-10-12-5-8-14(16)22-12/h2-9,17H,10H2,1H3,(H,18,19)/b9-4+. The Morgan fingerprint density at radius 1 is 1.22 bits per heavy atom. The van der Waals surface area contributed by atoms with Gasteiger partial charge in [0.1, 0.15) is 0 Å². The minimum atomic E-state index is -3.45. The van der Waals surface area contributed by atoms with E-state index in [1.165, 1.54) is 36.6 Å². The van der Waals surface area contributed by atoms with Crippen LogP contribution >= 0.6 is 22.9 Å². The van der Waals surface area contributed by atoms with Crippen molar-refractivity contribution in [2.45, 2.75) is 11.4 Å². The van der Waals surface area contributed by atoms with Gasteiger partial charge in [0.15, 0.2) is 0 Å². The molecule has 0 fully saturated rings. The van der Waals surface area contributed by atoms with Gasteiger partial charge < -0.3 is 5.32 Å². The van der Waals surface area contributed by atoms with Crippen LogP contribution < -0.4 is 10.0 Å². The summed E-state index contributed by atoms with van der Waals surface area (Å²) in [7, 11) is -2.09. The topological polar surface area (TPSA) is 75.3 Å². The van der Waals surface area contributed by atoms with Crippen molar-refractivity contribution in [2.75, 3.05) is 7.05 Å². The highest BCUT2D eigenvalue weighted by Crippen LogP contribution is 2.20. The molecule has 23 heavy (non-hydrogen) atoms. The Morgan fingerprint density at radius 2 is 1.91 bits per heavy atom. The molecule has 2 aromatic rings. The Hall–Kier alpha value is -1.67. The summed E-state index contributed by atoms with van der Waals surface area (Å²) in [5.74, 6) is -0.235. The highest BCUT2D eigenvalue weighted by Gasteiger charge is 2.09. The molecule has 1 amide bonds. The van der Waals surface area contributed by atoms with Crippen molar-refractivity contribution in [3.8, 4) is 0 Å². The van der Waals surface area contributed by atoms with Crippen LogP contribution in [0.3, 0.4) is 0 Å². The molecule has 8 heteroatoms. The highest BCUT2D eigenvalue weighted by molar-refractivity contribution is 7.89. The zero-order valence-electron chi connectivity index (χ0n) is 12.2. The molecule has 0 atom stereocenters. The molecular weight excluding hydrogens is 356 g/mol. The lowest BCUT2D eigenvalue weighted by atomic mass is 10.2. The first-order valence-electron chi connectivity index (χ1n) is 6.64. The second-order valence-electron chi connectivity index (χ2n) is 4.53. The third-order valence-electron chi connectivity index (χ3n) is 2.95. The minimum absolute atomic E-state index is 0.177. The summed E-state index contributed by atoms with van der Waals surface area (Å²) in [4.78, 5) is 12.9. The Labute approximate surface area is 144 Å². The second kappa shape index (κ2) is 7.74. The van der Waals surface area contributed by atoms with Crippen molar-refractivity contribution in [2.24, 2.45) is 0 Å². The number of rotatable bonds is 6. The molecule has 0 radical (unpaired) electrons. The Morgan fingerprint density at radius 3 is 2.48 bits per heavy atom. The first-order valence-corrected chi connectivity index (χ1v) is 9.32. The van der Waals surface area contributed by atoms with Crippen LogP contribution in [0, 0.1) is 0 Å². The van der Waals surface area contributed by atoms with Gasteiger partial charge in [0, 0.05) is 11.0 Å². The number of halogens is 1. The van der Waals surface area contributed by atoms with E-state index in [-0.39, 0.29) is 10.8 Å². The predicted octanol–water partition coefficient (Wildman–Crippen LogP) is 2.64. The van der Waals surface area contributed by atoms with Crippen LogP contribution in [0.25, 0.3) is 6.08 Å². The molecule has 0 saturated heterocycles. The van der Waals surface area contributed by atoms with Crippen LogP contribution in [0.1, 0.15) is 10.4 Å². The number of benzene rings is 1. The first kappa shape index (κ1) is 17.7. The van der Waals surface area contributed by atoms with Crippen LogP contribution in [0.15, 0.2) is 47.4 Å². The second-order valence-corrected chi connectivity index (χ2v) is 8.22. The molecule has 0 unspecified atom stereocenters. The largest absolute Gasteiger partial charge is 0.348 e. The van der Waals surface area contributed by atoms with Crippen LogP contribution in [0.4, 0.5) is 0 Å². The summed E-state index contributed by atoms with van der Waals surface area (Å²) in [6, 6.07) is 9.87. The van der Waals surface area contributed by atoms with Crippen LogP contribution in [0.2, 0.25) is 4.34 Å². The van der Waals surface area contributed by atoms with Crippen molar-refractivity contribution >= 4 is 44.9 Å². The van der Waals surface area contributed by atoms with E-state index in [4.69, 9.17) is 11.6 Å². The number of sulfonamides is 1. The summed E-state index contributed by atoms with van der Waals surface area (Å²) in [5.41, 5.74) is 0.731. The van der Waals surface area contributed by atoms with E-state index < -0.39 is 10.0 Å². The average molecular weight is 371 g/mol. The van der Waals surface area contributed by atoms with Crippen LogP contribution in [0.5, 0.6) is 0 Å². The monoisotopic (exact) mass is 370 g/mol. The summed E-state index contributed by atoms with van der Waals surface area (Å²) in [6.07, 6.45) is 3.02. The SMILES string of the molecule is CNS(=O)(=O)c1ccc(/C=C/C(=O)NCc2ccc(Cl)s2)cc1. The fourth-order valence-corrected chi connectivity index (χ4v) is 3.49. The number of carbonyl (C=O) groups excluding carboxylic acids is 1. The third-order valence-corrected chi connectivity index (χ3v) is 5.61. The molecule has 5 nitrogen and oxygen atoms in total. The summed E-state index contributed by atoms with van der Waals surface area (Å²) >= 11 is 7.23. The molecule has 122 valence electrons. The van der Waals surface area contributed by atoms with E-state index in [0.29, 0.717) is 10.9 Å². The van der Waals surface area contributed by atoms with Gasteiger partial charge >= 0.3 is 0 Å². The number of nitrogens with one attached hydrogen (secondary N) is 2. The van der Waals surface area contributed by atoms with E-state index in [1.54, 1.807) is 24.3 Å². The summed E-state index contributed by atoms with van der Waals surface area (Å²) in [5, 5.41) is 2.75. The predicted molar refractivity (Wildman–Crippen MR) is 92.9 cm³/mol. The van der Waals surface area contributed by atoms with Gasteiger partial charge in [-0.1, -0.05) is 23.7 Å². The molecule has 1 heterocycles. The zero-order chi connectivity index (χ0) is 16.9. The van der Waals surface area contributed by atoms with Crippen molar-refractivity contribution in [1.82, 2.24) is 10.0 Å². The molecule has 2 N–H and O–H groups in total. The van der Waals surface area contributed by atoms with E-state index in [9.17, 15) is 13.2 Å². The first-order chi connectivity index (χ1) is 10.9. The van der Waals surface area contributed by atoms with Gasteiger partial charge in [-0.3, -0.25) is 4.79 Å². The number of hydrogen-bond donors (Lipinski definition) is 2. The van der Waals surface area contributed by atoms with E-state index in [1.807, 2.05) is 6.07 Å². The molecular formula is C15H15ClN2O3S2. The molecule has 0 spiro atoms. The number of carbonyl (C=O) groups is 1. The molecule has 0 aliphatic rings. The van der Waals surface area contributed by atoms with E-state index >= 15 is 0 Å². The normalized spacial score (nSPS) is 11.7. The average Bonchev–Trinajstić information content (AvgIpc) is 2.97. The minimum Gasteiger partial charge on any atom is -0.348 e. The van der Waals surface area contributed by atoms with Gasteiger partial charge in [0.05, 0.1) is 15.8 Å². The number of amides is 1. The molecule has 1 aromatic carbocycles. The van der Waals surface area contributed by atoms with Crippen molar-refractivity contribution in [3.05, 3.63) is 57.3 Å². The molecule has 1 aromatic heterocycles. The van der Waals surface area contributed by atoms with Gasteiger partial charge in [-0.15, -0.1) is 11.3 Å². The van der Waals surface area contributed by atoms with Crippen LogP contribution in [-0.4, -0.2) is 21.4 Å². The van der Waals surface area contributed by atoms with Gasteiger partial charge in [-0.2, -0.15) is 0 Å². The maximum absolute atomic E-state index is 11.7. The molecule has 0 aliphatic carbocycles. The van der Waals surface area contributed by atoms with Crippen LogP contribution in [-0.2, 0) is 21.4 Å². The molecule has 0 bridgehead atoms.